The Balaban J connectivity index is 1.44. The van der Waals surface area contributed by atoms with Crippen molar-refractivity contribution in [2.45, 2.75) is 75.7 Å². The molecule has 8 heteroatoms. The Kier molecular flexibility index (Phi) is 4.66. The van der Waals surface area contributed by atoms with Crippen molar-refractivity contribution in [1.82, 2.24) is 20.4 Å². The number of hydrogen-bond acceptors (Lipinski definition) is 5. The van der Waals surface area contributed by atoms with Crippen LogP contribution in [-0.4, -0.2) is 58.1 Å². The zero-order chi connectivity index (χ0) is 17.4. The number of carbonyl (C=O) groups is 1. The number of aryl methyl sites for hydroxylation is 1. The van der Waals surface area contributed by atoms with E-state index in [9.17, 15) is 9.90 Å². The van der Waals surface area contributed by atoms with Crippen LogP contribution >= 0.6 is 0 Å². The first-order valence-corrected chi connectivity index (χ1v) is 9.15. The predicted molar refractivity (Wildman–Crippen MR) is 88.9 cm³/mol. The first kappa shape index (κ1) is 16.8. The van der Waals surface area contributed by atoms with Gasteiger partial charge >= 0.3 is 6.03 Å². The summed E-state index contributed by atoms with van der Waals surface area (Å²) in [6, 6.07) is -1.04. The number of fused-ring (bicyclic) bond motifs is 2. The zero-order valence-corrected chi connectivity index (χ0v) is 14.4. The summed E-state index contributed by atoms with van der Waals surface area (Å²) in [5, 5.41) is 21.1. The number of hydrogen-bond donors (Lipinski definition) is 3. The lowest BCUT2D eigenvalue weighted by atomic mass is 9.95. The van der Waals surface area contributed by atoms with E-state index in [1.54, 1.807) is 10.9 Å². The highest BCUT2D eigenvalue weighted by Gasteiger charge is 2.51. The van der Waals surface area contributed by atoms with E-state index in [0.29, 0.717) is 6.61 Å². The van der Waals surface area contributed by atoms with Gasteiger partial charge in [0, 0.05) is 12.2 Å². The number of aliphatic hydroxyl groups is 1. The minimum absolute atomic E-state index is 0.215. The van der Waals surface area contributed by atoms with Gasteiger partial charge in [0.05, 0.1) is 18.8 Å². The molecule has 138 valence electrons. The summed E-state index contributed by atoms with van der Waals surface area (Å²) in [5.41, 5.74) is 0.992. The first-order chi connectivity index (χ1) is 12.1. The minimum Gasteiger partial charge on any atom is -0.388 e. The number of urea groups is 1. The SMILES string of the molecule is Cc1cnn([C@H]2[C@@H]3OC[C@@H](O3)[C@@H](NC(=O)NC3CCCCC3)[C@@H]2O)c1. The van der Waals surface area contributed by atoms with Gasteiger partial charge in [-0.1, -0.05) is 19.3 Å². The number of nitrogens with zero attached hydrogens (tertiary/aromatic N) is 2. The molecule has 2 amide bonds. The van der Waals surface area contributed by atoms with Crippen LogP contribution in [0.25, 0.3) is 0 Å². The molecule has 2 aliphatic heterocycles. The molecule has 1 aliphatic carbocycles. The summed E-state index contributed by atoms with van der Waals surface area (Å²) in [6.45, 7) is 2.29. The second-order valence-electron chi connectivity index (χ2n) is 7.33. The van der Waals surface area contributed by atoms with Gasteiger partial charge in [-0.25, -0.2) is 4.79 Å². The zero-order valence-electron chi connectivity index (χ0n) is 14.4. The Morgan fingerprint density at radius 3 is 2.84 bits per heavy atom. The largest absolute Gasteiger partial charge is 0.388 e. The topological polar surface area (TPSA) is 97.6 Å². The second kappa shape index (κ2) is 6.93. The van der Waals surface area contributed by atoms with Crippen molar-refractivity contribution in [3.63, 3.8) is 0 Å². The van der Waals surface area contributed by atoms with Gasteiger partial charge in [-0.15, -0.1) is 0 Å². The van der Waals surface area contributed by atoms with Crippen LogP contribution in [0.3, 0.4) is 0 Å². The molecule has 1 saturated carbocycles. The van der Waals surface area contributed by atoms with Crippen LogP contribution in [0.1, 0.15) is 43.7 Å². The van der Waals surface area contributed by atoms with Crippen LogP contribution in [-0.2, 0) is 9.47 Å². The van der Waals surface area contributed by atoms with E-state index >= 15 is 0 Å². The van der Waals surface area contributed by atoms with E-state index in [1.807, 2.05) is 13.1 Å². The lowest BCUT2D eigenvalue weighted by Gasteiger charge is -2.38. The molecule has 1 aromatic heterocycles. The van der Waals surface area contributed by atoms with Crippen LogP contribution in [0.4, 0.5) is 4.79 Å². The van der Waals surface area contributed by atoms with Crippen LogP contribution < -0.4 is 10.6 Å². The lowest BCUT2D eigenvalue weighted by molar-refractivity contribution is -0.166. The lowest BCUT2D eigenvalue weighted by Crippen LogP contribution is -2.61. The fourth-order valence-corrected chi connectivity index (χ4v) is 4.08. The van der Waals surface area contributed by atoms with Gasteiger partial charge in [-0.3, -0.25) is 4.68 Å². The Morgan fingerprint density at radius 2 is 2.12 bits per heavy atom. The van der Waals surface area contributed by atoms with E-state index in [0.717, 1.165) is 31.2 Å². The average molecular weight is 350 g/mol. The molecule has 1 aromatic rings. The molecule has 3 fully saturated rings. The summed E-state index contributed by atoms with van der Waals surface area (Å²) in [5.74, 6) is 0. The highest BCUT2D eigenvalue weighted by Crippen LogP contribution is 2.35. The molecule has 3 heterocycles. The van der Waals surface area contributed by atoms with Crippen molar-refractivity contribution in [1.29, 1.82) is 0 Å². The Labute approximate surface area is 146 Å². The van der Waals surface area contributed by atoms with Crippen molar-refractivity contribution >= 4 is 6.03 Å². The summed E-state index contributed by atoms with van der Waals surface area (Å²) in [6.07, 6.45) is 7.43. The average Bonchev–Trinajstić information content (AvgIpc) is 3.21. The van der Waals surface area contributed by atoms with Crippen molar-refractivity contribution in [3.05, 3.63) is 18.0 Å². The maximum atomic E-state index is 12.4. The van der Waals surface area contributed by atoms with Crippen molar-refractivity contribution in [3.8, 4) is 0 Å². The normalized spacial score (nSPS) is 35.5. The smallest absolute Gasteiger partial charge is 0.315 e. The molecule has 5 atom stereocenters. The quantitative estimate of drug-likeness (QED) is 0.751. The molecule has 2 bridgehead atoms. The van der Waals surface area contributed by atoms with Gasteiger partial charge in [0.25, 0.3) is 0 Å². The molecule has 4 rings (SSSR count). The molecular weight excluding hydrogens is 324 g/mol. The molecule has 0 radical (unpaired) electrons. The molecule has 25 heavy (non-hydrogen) atoms. The number of amides is 2. The van der Waals surface area contributed by atoms with E-state index in [4.69, 9.17) is 9.47 Å². The van der Waals surface area contributed by atoms with Crippen LogP contribution in [0.2, 0.25) is 0 Å². The molecule has 8 nitrogen and oxygen atoms in total. The summed E-state index contributed by atoms with van der Waals surface area (Å²) >= 11 is 0. The summed E-state index contributed by atoms with van der Waals surface area (Å²) < 4.78 is 13.2. The van der Waals surface area contributed by atoms with E-state index < -0.39 is 24.5 Å². The number of nitrogens with one attached hydrogen (secondary N) is 2. The van der Waals surface area contributed by atoms with Gasteiger partial charge in [0.15, 0.2) is 6.29 Å². The molecule has 2 saturated heterocycles. The van der Waals surface area contributed by atoms with Crippen LogP contribution in [0.5, 0.6) is 0 Å². The Hall–Kier alpha value is -1.64. The maximum Gasteiger partial charge on any atom is 0.315 e. The third-order valence-corrected chi connectivity index (χ3v) is 5.41. The number of aliphatic hydroxyl groups excluding tert-OH is 1. The number of aromatic nitrogens is 2. The summed E-state index contributed by atoms with van der Waals surface area (Å²) in [4.78, 5) is 12.4. The van der Waals surface area contributed by atoms with Gasteiger partial charge in [0.1, 0.15) is 18.2 Å². The molecule has 0 spiro atoms. The van der Waals surface area contributed by atoms with Crippen LogP contribution in [0, 0.1) is 6.92 Å². The monoisotopic (exact) mass is 350 g/mol. The molecule has 3 N–H and O–H groups in total. The van der Waals surface area contributed by atoms with E-state index in [-0.39, 0.29) is 18.2 Å². The number of carbonyl (C=O) groups excluding carboxylic acids is 1. The molecular formula is C17H26N4O4. The Morgan fingerprint density at radius 1 is 1.32 bits per heavy atom. The highest BCUT2D eigenvalue weighted by atomic mass is 16.7. The third-order valence-electron chi connectivity index (χ3n) is 5.41. The summed E-state index contributed by atoms with van der Waals surface area (Å²) in [7, 11) is 0. The maximum absolute atomic E-state index is 12.4. The van der Waals surface area contributed by atoms with E-state index in [2.05, 4.69) is 15.7 Å². The fraction of sp³-hybridized carbons (Fsp3) is 0.765. The van der Waals surface area contributed by atoms with Gasteiger partial charge in [-0.2, -0.15) is 5.10 Å². The van der Waals surface area contributed by atoms with Gasteiger partial charge in [0.2, 0.25) is 0 Å². The van der Waals surface area contributed by atoms with Crippen molar-refractivity contribution in [2.24, 2.45) is 0 Å². The van der Waals surface area contributed by atoms with Crippen LogP contribution in [0.15, 0.2) is 12.4 Å². The second-order valence-corrected chi connectivity index (χ2v) is 7.33. The van der Waals surface area contributed by atoms with Crippen molar-refractivity contribution in [2.75, 3.05) is 6.61 Å². The molecule has 3 aliphatic rings. The number of ether oxygens (including phenoxy) is 2. The molecule has 0 unspecified atom stereocenters. The third kappa shape index (κ3) is 3.38. The van der Waals surface area contributed by atoms with Gasteiger partial charge < -0.3 is 25.2 Å². The highest BCUT2D eigenvalue weighted by molar-refractivity contribution is 5.74. The van der Waals surface area contributed by atoms with Gasteiger partial charge in [-0.05, 0) is 25.3 Å². The first-order valence-electron chi connectivity index (χ1n) is 9.15. The standard InChI is InChI=1S/C17H26N4O4/c1-10-7-18-21(8-10)14-15(22)13(12-9-24-16(14)25-12)20-17(23)19-11-5-3-2-4-6-11/h7-8,11-16,22H,2-6,9H2,1H3,(H2,19,20,23)/t12-,13-,14-,15+,16-/m1/s1. The Bertz CT molecular complexity index is 616. The van der Waals surface area contributed by atoms with E-state index in [1.165, 1.54) is 6.42 Å². The number of rotatable bonds is 3. The molecule has 0 aromatic carbocycles. The predicted octanol–water partition coefficient (Wildman–Crippen LogP) is 0.849. The minimum atomic E-state index is -0.831. The fourth-order valence-electron chi connectivity index (χ4n) is 4.08. The van der Waals surface area contributed by atoms with Crippen molar-refractivity contribution < 1.29 is 19.4 Å².